The Bertz CT molecular complexity index is 1080. The van der Waals surface area contributed by atoms with Crippen molar-refractivity contribution in [1.82, 2.24) is 15.3 Å². The van der Waals surface area contributed by atoms with E-state index in [9.17, 15) is 4.79 Å². The number of urea groups is 1. The fraction of sp³-hybridized carbons (Fsp3) is 0.318. The third-order valence-corrected chi connectivity index (χ3v) is 5.23. The average molecular weight is 524 g/mol. The lowest BCUT2D eigenvalue weighted by atomic mass is 10.2. The first-order chi connectivity index (χ1) is 15.5. The highest BCUT2D eigenvalue weighted by Gasteiger charge is 2.14. The number of halogens is 2. The Morgan fingerprint density at radius 2 is 2.03 bits per heavy atom. The van der Waals surface area contributed by atoms with Crippen LogP contribution in [-0.2, 0) is 0 Å². The lowest BCUT2D eigenvalue weighted by molar-refractivity contribution is 0.252. The largest absolute Gasteiger partial charge is 0.493 e. The van der Waals surface area contributed by atoms with E-state index in [0.717, 1.165) is 18.2 Å². The molecule has 3 rings (SSSR count). The molecule has 2 N–H and O–H groups in total. The second-order valence-electron chi connectivity index (χ2n) is 6.71. The van der Waals surface area contributed by atoms with Gasteiger partial charge in [-0.1, -0.05) is 34.5 Å². The first-order valence-electron chi connectivity index (χ1n) is 10.1. The molecule has 170 valence electrons. The summed E-state index contributed by atoms with van der Waals surface area (Å²) in [5, 5.41) is 7.29. The topological polar surface area (TPSA) is 94.6 Å². The summed E-state index contributed by atoms with van der Waals surface area (Å²) in [5.41, 5.74) is 1.13. The van der Waals surface area contributed by atoms with Crippen LogP contribution in [0.2, 0.25) is 5.02 Å². The molecule has 0 aliphatic heterocycles. The smallest absolute Gasteiger partial charge is 0.319 e. The lowest BCUT2D eigenvalue weighted by Gasteiger charge is -2.14. The van der Waals surface area contributed by atoms with E-state index in [1.807, 2.05) is 6.92 Å². The SMILES string of the molecule is CCCNC(=O)Nc1ccc(Oc2ncnc3cc(OC)c(OCCCBr)cc23)cc1Cl. The fourth-order valence-electron chi connectivity index (χ4n) is 2.81. The quantitative estimate of drug-likeness (QED) is 0.258. The molecule has 8 nitrogen and oxygen atoms in total. The van der Waals surface area contributed by atoms with E-state index in [0.29, 0.717) is 57.9 Å². The first kappa shape index (κ1) is 23.9. The van der Waals surface area contributed by atoms with Gasteiger partial charge in [-0.2, -0.15) is 0 Å². The van der Waals surface area contributed by atoms with Gasteiger partial charge in [0.1, 0.15) is 12.1 Å². The number of carbonyl (C=O) groups excluding carboxylic acids is 1. The normalized spacial score (nSPS) is 10.6. The van der Waals surface area contributed by atoms with Crippen LogP contribution in [0.15, 0.2) is 36.7 Å². The molecule has 0 atom stereocenters. The molecule has 2 amide bonds. The molecule has 1 aromatic heterocycles. The number of carbonyl (C=O) groups is 1. The van der Waals surface area contributed by atoms with Crippen LogP contribution in [-0.4, -0.2) is 41.6 Å². The molecule has 10 heteroatoms. The Morgan fingerprint density at radius 1 is 1.19 bits per heavy atom. The molecule has 3 aromatic rings. The lowest BCUT2D eigenvalue weighted by Crippen LogP contribution is -2.29. The molecule has 0 aliphatic rings. The zero-order chi connectivity index (χ0) is 22.9. The summed E-state index contributed by atoms with van der Waals surface area (Å²) in [6, 6.07) is 8.25. The standard InChI is InChI=1S/C22H24BrClN4O4/c1-3-8-25-22(29)28-17-6-5-14(10-16(17)24)32-21-15-11-20(31-9-4-7-23)19(30-2)12-18(15)26-13-27-21/h5-6,10-13H,3-4,7-9H2,1-2H3,(H2,25,28,29). The van der Waals surface area contributed by atoms with E-state index in [4.69, 9.17) is 25.8 Å². The van der Waals surface area contributed by atoms with Crippen LogP contribution in [0.3, 0.4) is 0 Å². The maximum Gasteiger partial charge on any atom is 0.319 e. The number of anilines is 1. The number of alkyl halides is 1. The van der Waals surface area contributed by atoms with Crippen molar-refractivity contribution in [2.24, 2.45) is 0 Å². The molecule has 0 spiro atoms. The van der Waals surface area contributed by atoms with Crippen LogP contribution in [0.5, 0.6) is 23.1 Å². The molecule has 0 fully saturated rings. The molecule has 0 aliphatic carbocycles. The molecule has 0 unspecified atom stereocenters. The number of fused-ring (bicyclic) bond motifs is 1. The zero-order valence-electron chi connectivity index (χ0n) is 17.8. The van der Waals surface area contributed by atoms with Gasteiger partial charge in [0.25, 0.3) is 0 Å². The maximum atomic E-state index is 11.9. The zero-order valence-corrected chi connectivity index (χ0v) is 20.1. The molecular weight excluding hydrogens is 500 g/mol. The molecule has 32 heavy (non-hydrogen) atoms. The van der Waals surface area contributed by atoms with E-state index in [-0.39, 0.29) is 6.03 Å². The highest BCUT2D eigenvalue weighted by atomic mass is 79.9. The van der Waals surface area contributed by atoms with E-state index in [1.54, 1.807) is 37.4 Å². The highest BCUT2D eigenvalue weighted by molar-refractivity contribution is 9.09. The molecule has 0 saturated carbocycles. The Labute approximate surface area is 199 Å². The number of amides is 2. The minimum atomic E-state index is -0.314. The van der Waals surface area contributed by atoms with Crippen molar-refractivity contribution in [3.05, 3.63) is 41.7 Å². The number of benzene rings is 2. The monoisotopic (exact) mass is 522 g/mol. The summed E-state index contributed by atoms with van der Waals surface area (Å²) < 4.78 is 17.3. The Balaban J connectivity index is 1.84. The molecular formula is C22H24BrClN4O4. The third-order valence-electron chi connectivity index (χ3n) is 4.36. The van der Waals surface area contributed by atoms with Crippen LogP contribution in [0.25, 0.3) is 10.9 Å². The van der Waals surface area contributed by atoms with Gasteiger partial charge in [0, 0.05) is 24.0 Å². The van der Waals surface area contributed by atoms with Crippen molar-refractivity contribution in [3.8, 4) is 23.1 Å². The van der Waals surface area contributed by atoms with Crippen molar-refractivity contribution < 1.29 is 19.0 Å². The molecule has 0 saturated heterocycles. The molecule has 1 heterocycles. The van der Waals surface area contributed by atoms with Gasteiger partial charge in [0.05, 0.1) is 35.3 Å². The summed E-state index contributed by atoms with van der Waals surface area (Å²) in [6.07, 6.45) is 3.11. The van der Waals surface area contributed by atoms with Gasteiger partial charge >= 0.3 is 6.03 Å². The Kier molecular flexibility index (Phi) is 8.75. The minimum Gasteiger partial charge on any atom is -0.493 e. The summed E-state index contributed by atoms with van der Waals surface area (Å²) in [5.74, 6) is 1.97. The van der Waals surface area contributed by atoms with Crippen molar-refractivity contribution in [3.63, 3.8) is 0 Å². The maximum absolute atomic E-state index is 11.9. The summed E-state index contributed by atoms with van der Waals surface area (Å²) in [4.78, 5) is 20.4. The van der Waals surface area contributed by atoms with E-state index >= 15 is 0 Å². The predicted molar refractivity (Wildman–Crippen MR) is 129 cm³/mol. The van der Waals surface area contributed by atoms with Crippen LogP contribution in [0.1, 0.15) is 19.8 Å². The van der Waals surface area contributed by atoms with Gasteiger partial charge in [-0.15, -0.1) is 0 Å². The number of hydrogen-bond donors (Lipinski definition) is 2. The van der Waals surface area contributed by atoms with Crippen LogP contribution < -0.4 is 24.8 Å². The van der Waals surface area contributed by atoms with E-state index in [1.165, 1.54) is 6.33 Å². The van der Waals surface area contributed by atoms with Gasteiger partial charge in [-0.05, 0) is 31.0 Å². The van der Waals surface area contributed by atoms with Crippen LogP contribution in [0, 0.1) is 0 Å². The number of nitrogens with zero attached hydrogens (tertiary/aromatic N) is 2. The van der Waals surface area contributed by atoms with Gasteiger partial charge < -0.3 is 24.8 Å². The van der Waals surface area contributed by atoms with Crippen LogP contribution in [0.4, 0.5) is 10.5 Å². The van der Waals surface area contributed by atoms with Gasteiger partial charge in [-0.3, -0.25) is 0 Å². The molecule has 2 aromatic carbocycles. The second kappa shape index (κ2) is 11.7. The number of aromatic nitrogens is 2. The number of hydrogen-bond acceptors (Lipinski definition) is 6. The molecule has 0 radical (unpaired) electrons. The van der Waals surface area contributed by atoms with Gasteiger partial charge in [0.15, 0.2) is 11.5 Å². The Morgan fingerprint density at radius 3 is 2.75 bits per heavy atom. The predicted octanol–water partition coefficient (Wildman–Crippen LogP) is 5.78. The number of rotatable bonds is 10. The fourth-order valence-corrected chi connectivity index (χ4v) is 3.25. The van der Waals surface area contributed by atoms with Gasteiger partial charge in [-0.25, -0.2) is 14.8 Å². The van der Waals surface area contributed by atoms with Crippen molar-refractivity contribution in [1.29, 1.82) is 0 Å². The number of nitrogens with one attached hydrogen (secondary N) is 2. The highest BCUT2D eigenvalue weighted by Crippen LogP contribution is 2.37. The van der Waals surface area contributed by atoms with E-state index in [2.05, 4.69) is 36.5 Å². The summed E-state index contributed by atoms with van der Waals surface area (Å²) >= 11 is 9.73. The first-order valence-corrected chi connectivity index (χ1v) is 11.6. The summed E-state index contributed by atoms with van der Waals surface area (Å²) in [7, 11) is 1.58. The van der Waals surface area contributed by atoms with Crippen LogP contribution >= 0.6 is 27.5 Å². The number of ether oxygens (including phenoxy) is 3. The van der Waals surface area contributed by atoms with E-state index < -0.39 is 0 Å². The van der Waals surface area contributed by atoms with Crippen molar-refractivity contribution in [2.45, 2.75) is 19.8 Å². The average Bonchev–Trinajstić information content (AvgIpc) is 2.79. The number of methoxy groups -OCH3 is 1. The molecule has 0 bridgehead atoms. The Hall–Kier alpha value is -2.78. The third kappa shape index (κ3) is 6.14. The minimum absolute atomic E-state index is 0.314. The van der Waals surface area contributed by atoms with Crippen molar-refractivity contribution >= 4 is 50.2 Å². The van der Waals surface area contributed by atoms with Gasteiger partial charge in [0.2, 0.25) is 5.88 Å². The second-order valence-corrected chi connectivity index (χ2v) is 7.91. The van der Waals surface area contributed by atoms with Crippen molar-refractivity contribution in [2.75, 3.05) is 30.9 Å². The summed E-state index contributed by atoms with van der Waals surface area (Å²) in [6.45, 7) is 3.09.